The van der Waals surface area contributed by atoms with Gasteiger partial charge >= 0.3 is 0 Å². The van der Waals surface area contributed by atoms with E-state index in [4.69, 9.17) is 0 Å². The molecule has 3 rings (SSSR count). The van der Waals surface area contributed by atoms with Crippen molar-refractivity contribution in [2.24, 2.45) is 5.92 Å². The topological polar surface area (TPSA) is 94.0 Å². The minimum atomic E-state index is -0.864. The Morgan fingerprint density at radius 3 is 2.59 bits per heavy atom. The van der Waals surface area contributed by atoms with Crippen molar-refractivity contribution in [3.05, 3.63) is 66.0 Å². The molecule has 1 fully saturated rings. The van der Waals surface area contributed by atoms with E-state index in [1.165, 1.54) is 18.2 Å². The number of carbonyl (C=O) groups is 2. The van der Waals surface area contributed by atoms with Crippen molar-refractivity contribution in [3.8, 4) is 6.07 Å². The van der Waals surface area contributed by atoms with E-state index in [0.29, 0.717) is 0 Å². The van der Waals surface area contributed by atoms with E-state index in [0.717, 1.165) is 17.3 Å². The molecular formula is C19H17FN4O2S. The Bertz CT molecular complexity index is 872. The number of halogens is 1. The number of para-hydroxylation sites is 1. The first-order chi connectivity index (χ1) is 13.1. The van der Waals surface area contributed by atoms with Crippen LogP contribution in [0, 0.1) is 23.1 Å². The number of rotatable bonds is 5. The number of amides is 2. The number of nitrogens with one attached hydrogen (secondary N) is 3. The van der Waals surface area contributed by atoms with Gasteiger partial charge in [-0.1, -0.05) is 42.5 Å². The van der Waals surface area contributed by atoms with E-state index in [2.05, 4.69) is 16.0 Å². The summed E-state index contributed by atoms with van der Waals surface area (Å²) in [6.45, 7) is 0. The van der Waals surface area contributed by atoms with Crippen LogP contribution in [0.3, 0.4) is 0 Å². The standard InChI is InChI=1S/C19H17FN4O2S/c20-14-8-4-5-9-15(14)22-16(25)11-27-19-23-17(12-6-2-1-3-7-12)13(10-21)18(26)24-19/h1-9,13,17,19,23H,11H2,(H,22,25)(H,24,26). The first kappa shape index (κ1) is 18.9. The van der Waals surface area contributed by atoms with Crippen molar-refractivity contribution >= 4 is 29.3 Å². The number of hydrogen-bond acceptors (Lipinski definition) is 5. The number of hydrogen-bond donors (Lipinski definition) is 3. The van der Waals surface area contributed by atoms with Gasteiger partial charge in [0.05, 0.1) is 23.6 Å². The molecule has 8 heteroatoms. The van der Waals surface area contributed by atoms with Gasteiger partial charge in [0.25, 0.3) is 0 Å². The van der Waals surface area contributed by atoms with E-state index in [1.807, 2.05) is 36.4 Å². The third-order valence-corrected chi connectivity index (χ3v) is 5.06. The number of anilines is 1. The fraction of sp³-hybridized carbons (Fsp3) is 0.211. The van der Waals surface area contributed by atoms with Crippen molar-refractivity contribution in [2.75, 3.05) is 11.1 Å². The van der Waals surface area contributed by atoms with Crippen LogP contribution < -0.4 is 16.0 Å². The summed E-state index contributed by atoms with van der Waals surface area (Å²) < 4.78 is 13.6. The van der Waals surface area contributed by atoms with Crippen molar-refractivity contribution in [3.63, 3.8) is 0 Å². The summed E-state index contributed by atoms with van der Waals surface area (Å²) in [5.41, 5.74) is 0.384. The van der Waals surface area contributed by atoms with Gasteiger partial charge in [-0.25, -0.2) is 4.39 Å². The molecule has 27 heavy (non-hydrogen) atoms. The molecule has 3 N–H and O–H groups in total. The lowest BCUT2D eigenvalue weighted by Crippen LogP contribution is -2.56. The summed E-state index contributed by atoms with van der Waals surface area (Å²) >= 11 is 1.16. The molecule has 0 aromatic heterocycles. The zero-order valence-corrected chi connectivity index (χ0v) is 15.0. The second-order valence-electron chi connectivity index (χ2n) is 5.89. The van der Waals surface area contributed by atoms with Crippen LogP contribution in [0.2, 0.25) is 0 Å². The Morgan fingerprint density at radius 2 is 1.89 bits per heavy atom. The van der Waals surface area contributed by atoms with Crippen LogP contribution in [0.5, 0.6) is 0 Å². The molecule has 2 aromatic carbocycles. The maximum atomic E-state index is 13.6. The van der Waals surface area contributed by atoms with E-state index in [-0.39, 0.29) is 17.3 Å². The molecule has 0 radical (unpaired) electrons. The van der Waals surface area contributed by atoms with Crippen LogP contribution in [0.25, 0.3) is 0 Å². The predicted octanol–water partition coefficient (Wildman–Crippen LogP) is 2.38. The van der Waals surface area contributed by atoms with Gasteiger partial charge in [-0.3, -0.25) is 14.9 Å². The first-order valence-corrected chi connectivity index (χ1v) is 9.30. The number of nitriles is 1. The smallest absolute Gasteiger partial charge is 0.241 e. The number of carbonyl (C=O) groups excluding carboxylic acids is 2. The molecule has 3 atom stereocenters. The van der Waals surface area contributed by atoms with Crippen molar-refractivity contribution in [1.29, 1.82) is 5.26 Å². The van der Waals surface area contributed by atoms with E-state index >= 15 is 0 Å². The van der Waals surface area contributed by atoms with Crippen molar-refractivity contribution in [2.45, 2.75) is 11.5 Å². The highest BCUT2D eigenvalue weighted by Crippen LogP contribution is 2.28. The van der Waals surface area contributed by atoms with Crippen LogP contribution in [-0.2, 0) is 9.59 Å². The monoisotopic (exact) mass is 384 g/mol. The Balaban J connectivity index is 1.62. The highest BCUT2D eigenvalue weighted by atomic mass is 32.2. The number of nitrogens with zero attached hydrogens (tertiary/aromatic N) is 1. The fourth-order valence-electron chi connectivity index (χ4n) is 2.75. The van der Waals surface area contributed by atoms with Crippen LogP contribution >= 0.6 is 11.8 Å². The van der Waals surface area contributed by atoms with Crippen LogP contribution in [0.15, 0.2) is 54.6 Å². The third kappa shape index (κ3) is 4.64. The van der Waals surface area contributed by atoms with E-state index < -0.39 is 29.2 Å². The maximum Gasteiger partial charge on any atom is 0.241 e. The quantitative estimate of drug-likeness (QED) is 0.736. The average Bonchev–Trinajstić information content (AvgIpc) is 2.68. The number of thioether (sulfide) groups is 1. The van der Waals surface area contributed by atoms with Gasteiger partial charge < -0.3 is 10.6 Å². The molecular weight excluding hydrogens is 367 g/mol. The highest BCUT2D eigenvalue weighted by Gasteiger charge is 2.37. The summed E-state index contributed by atoms with van der Waals surface area (Å²) in [5.74, 6) is -2.15. The van der Waals surface area contributed by atoms with Gasteiger partial charge in [0.1, 0.15) is 17.2 Å². The van der Waals surface area contributed by atoms with Gasteiger partial charge in [-0.2, -0.15) is 5.26 Å². The molecule has 2 aromatic rings. The second-order valence-corrected chi connectivity index (χ2v) is 6.98. The third-order valence-electron chi connectivity index (χ3n) is 4.05. The normalized spacial score (nSPS) is 21.8. The van der Waals surface area contributed by atoms with Crippen LogP contribution in [0.4, 0.5) is 10.1 Å². The van der Waals surface area contributed by atoms with E-state index in [9.17, 15) is 19.2 Å². The molecule has 1 aliphatic rings. The summed E-state index contributed by atoms with van der Waals surface area (Å²) in [4.78, 5) is 24.3. The highest BCUT2D eigenvalue weighted by molar-refractivity contribution is 8.00. The molecule has 1 aliphatic heterocycles. The summed E-state index contributed by atoms with van der Waals surface area (Å²) in [7, 11) is 0. The second kappa shape index (κ2) is 8.66. The largest absolute Gasteiger partial charge is 0.331 e. The van der Waals surface area contributed by atoms with Gasteiger partial charge in [-0.15, -0.1) is 11.8 Å². The first-order valence-electron chi connectivity index (χ1n) is 8.25. The molecule has 0 aliphatic carbocycles. The lowest BCUT2D eigenvalue weighted by Gasteiger charge is -2.34. The Hall–Kier alpha value is -2.89. The molecule has 1 heterocycles. The maximum absolute atomic E-state index is 13.6. The van der Waals surface area contributed by atoms with Crippen LogP contribution in [-0.4, -0.2) is 23.1 Å². The van der Waals surface area contributed by atoms with Gasteiger partial charge in [0.2, 0.25) is 11.8 Å². The van der Waals surface area contributed by atoms with E-state index in [1.54, 1.807) is 6.07 Å². The molecule has 2 amide bonds. The van der Waals surface area contributed by atoms with Gasteiger partial charge in [0, 0.05) is 0 Å². The lowest BCUT2D eigenvalue weighted by atomic mass is 9.92. The molecule has 138 valence electrons. The van der Waals surface area contributed by atoms with Crippen molar-refractivity contribution in [1.82, 2.24) is 10.6 Å². The zero-order valence-electron chi connectivity index (χ0n) is 14.2. The number of benzene rings is 2. The van der Waals surface area contributed by atoms with Crippen LogP contribution in [0.1, 0.15) is 11.6 Å². The minimum Gasteiger partial charge on any atom is -0.331 e. The lowest BCUT2D eigenvalue weighted by molar-refractivity contribution is -0.126. The Morgan fingerprint density at radius 1 is 1.19 bits per heavy atom. The summed E-state index contributed by atoms with van der Waals surface area (Å²) in [6.07, 6.45) is 0. The average molecular weight is 384 g/mol. The fourth-order valence-corrected chi connectivity index (χ4v) is 3.58. The minimum absolute atomic E-state index is 0.00497. The molecule has 0 saturated carbocycles. The Labute approximate surface area is 160 Å². The summed E-state index contributed by atoms with van der Waals surface area (Å²) in [6, 6.07) is 16.7. The van der Waals surface area contributed by atoms with Gasteiger partial charge in [0.15, 0.2) is 0 Å². The zero-order chi connectivity index (χ0) is 19.2. The predicted molar refractivity (Wildman–Crippen MR) is 101 cm³/mol. The van der Waals surface area contributed by atoms with Gasteiger partial charge in [-0.05, 0) is 17.7 Å². The molecule has 0 spiro atoms. The molecule has 6 nitrogen and oxygen atoms in total. The molecule has 3 unspecified atom stereocenters. The molecule has 1 saturated heterocycles. The Kier molecular flexibility index (Phi) is 6.06. The summed E-state index contributed by atoms with van der Waals surface area (Å²) in [5, 5.41) is 17.7. The SMILES string of the molecule is N#CC1C(=O)NC(SCC(=O)Nc2ccccc2F)NC1c1ccccc1. The van der Waals surface area contributed by atoms with Crippen molar-refractivity contribution < 1.29 is 14.0 Å². The molecule has 0 bridgehead atoms.